The van der Waals surface area contributed by atoms with E-state index in [4.69, 9.17) is 27.9 Å². The van der Waals surface area contributed by atoms with Gasteiger partial charge in [-0.15, -0.1) is 11.3 Å². The van der Waals surface area contributed by atoms with Crippen molar-refractivity contribution in [2.75, 3.05) is 0 Å². The SMILES string of the molecule is O=C1OC(c2ccc(Cl)cc2Cl)=N/C1=C\c1cscn1. The van der Waals surface area contributed by atoms with Gasteiger partial charge < -0.3 is 4.74 Å². The number of nitrogens with zero attached hydrogens (tertiary/aromatic N) is 2. The van der Waals surface area contributed by atoms with Crippen LogP contribution in [0.25, 0.3) is 6.08 Å². The smallest absolute Gasteiger partial charge is 0.363 e. The predicted octanol–water partition coefficient (Wildman–Crippen LogP) is 3.79. The van der Waals surface area contributed by atoms with Gasteiger partial charge in [-0.05, 0) is 24.3 Å². The largest absolute Gasteiger partial charge is 0.402 e. The average Bonchev–Trinajstić information content (AvgIpc) is 3.01. The number of carbonyl (C=O) groups excluding carboxylic acids is 1. The molecular formula is C13H6Cl2N2O2S. The first-order valence-corrected chi connectivity index (χ1v) is 7.19. The minimum Gasteiger partial charge on any atom is -0.402 e. The van der Waals surface area contributed by atoms with Crippen LogP contribution >= 0.6 is 34.5 Å². The van der Waals surface area contributed by atoms with Gasteiger partial charge in [0.2, 0.25) is 5.90 Å². The summed E-state index contributed by atoms with van der Waals surface area (Å²) in [5.74, 6) is -0.364. The highest BCUT2D eigenvalue weighted by atomic mass is 35.5. The van der Waals surface area contributed by atoms with E-state index >= 15 is 0 Å². The Bertz CT molecular complexity index is 739. The molecule has 0 spiro atoms. The average molecular weight is 325 g/mol. The molecule has 100 valence electrons. The molecule has 0 radical (unpaired) electrons. The van der Waals surface area contributed by atoms with Crippen LogP contribution in [-0.2, 0) is 9.53 Å². The van der Waals surface area contributed by atoms with E-state index < -0.39 is 5.97 Å². The number of carbonyl (C=O) groups is 1. The summed E-state index contributed by atoms with van der Waals surface area (Å²) < 4.78 is 5.12. The van der Waals surface area contributed by atoms with Gasteiger partial charge in [0.15, 0.2) is 5.70 Å². The highest BCUT2D eigenvalue weighted by Gasteiger charge is 2.25. The van der Waals surface area contributed by atoms with Crippen LogP contribution < -0.4 is 0 Å². The lowest BCUT2D eigenvalue weighted by atomic mass is 10.2. The minimum atomic E-state index is -0.529. The molecule has 0 unspecified atom stereocenters. The number of rotatable bonds is 2. The van der Waals surface area contributed by atoms with E-state index in [0.29, 0.717) is 21.3 Å². The molecule has 0 aliphatic carbocycles. The number of benzene rings is 1. The summed E-state index contributed by atoms with van der Waals surface area (Å²) >= 11 is 13.3. The lowest BCUT2D eigenvalue weighted by molar-refractivity contribution is -0.129. The van der Waals surface area contributed by atoms with Crippen LogP contribution in [0.5, 0.6) is 0 Å². The third-order valence-corrected chi connectivity index (χ3v) is 3.67. The van der Waals surface area contributed by atoms with Crippen LogP contribution in [0.15, 0.2) is 39.8 Å². The van der Waals surface area contributed by atoms with E-state index in [-0.39, 0.29) is 11.6 Å². The second-order valence-corrected chi connectivity index (χ2v) is 5.44. The third kappa shape index (κ3) is 2.60. The summed E-state index contributed by atoms with van der Waals surface area (Å²) in [5.41, 5.74) is 3.05. The fraction of sp³-hybridized carbons (Fsp3) is 0. The first kappa shape index (κ1) is 13.3. The highest BCUT2D eigenvalue weighted by Crippen LogP contribution is 2.26. The molecule has 1 aliphatic rings. The number of hydrogen-bond acceptors (Lipinski definition) is 5. The predicted molar refractivity (Wildman–Crippen MR) is 79.2 cm³/mol. The maximum atomic E-state index is 11.8. The second kappa shape index (κ2) is 5.36. The summed E-state index contributed by atoms with van der Waals surface area (Å²) in [4.78, 5) is 20.0. The van der Waals surface area contributed by atoms with E-state index in [2.05, 4.69) is 9.98 Å². The molecule has 4 nitrogen and oxygen atoms in total. The molecule has 0 atom stereocenters. The molecule has 1 aromatic heterocycles. The van der Waals surface area contributed by atoms with Crippen LogP contribution in [0.4, 0.5) is 0 Å². The van der Waals surface area contributed by atoms with Gasteiger partial charge in [-0.2, -0.15) is 0 Å². The van der Waals surface area contributed by atoms with Gasteiger partial charge >= 0.3 is 5.97 Å². The Labute approximate surface area is 128 Å². The van der Waals surface area contributed by atoms with Crippen molar-refractivity contribution < 1.29 is 9.53 Å². The Balaban J connectivity index is 1.98. The zero-order chi connectivity index (χ0) is 14.1. The Kier molecular flexibility index (Phi) is 3.56. The zero-order valence-corrected chi connectivity index (χ0v) is 12.2. The minimum absolute atomic E-state index is 0.165. The number of hydrogen-bond donors (Lipinski definition) is 0. The van der Waals surface area contributed by atoms with Gasteiger partial charge in [0, 0.05) is 10.4 Å². The van der Waals surface area contributed by atoms with E-state index in [1.165, 1.54) is 11.3 Å². The normalized spacial score (nSPS) is 16.4. The van der Waals surface area contributed by atoms with Crippen LogP contribution in [0.3, 0.4) is 0 Å². The summed E-state index contributed by atoms with van der Waals surface area (Å²) in [6.07, 6.45) is 1.57. The Morgan fingerprint density at radius 1 is 1.30 bits per heavy atom. The molecule has 0 bridgehead atoms. The Hall–Kier alpha value is -1.69. The zero-order valence-electron chi connectivity index (χ0n) is 9.84. The molecule has 3 rings (SSSR count). The van der Waals surface area contributed by atoms with Crippen molar-refractivity contribution in [3.63, 3.8) is 0 Å². The van der Waals surface area contributed by atoms with Gasteiger partial charge in [0.25, 0.3) is 0 Å². The molecule has 0 N–H and O–H groups in total. The molecule has 1 aliphatic heterocycles. The molecule has 0 fully saturated rings. The number of ether oxygens (including phenoxy) is 1. The number of aliphatic imine (C=N–C) groups is 1. The molecule has 0 saturated carbocycles. The maximum absolute atomic E-state index is 11.8. The Morgan fingerprint density at radius 2 is 2.15 bits per heavy atom. The number of thiazole rings is 1. The molecule has 2 aromatic rings. The van der Waals surface area contributed by atoms with Gasteiger partial charge in [0.1, 0.15) is 0 Å². The van der Waals surface area contributed by atoms with Gasteiger partial charge in [-0.1, -0.05) is 23.2 Å². The molecule has 2 heterocycles. The van der Waals surface area contributed by atoms with E-state index in [1.807, 2.05) is 5.38 Å². The second-order valence-electron chi connectivity index (χ2n) is 3.87. The van der Waals surface area contributed by atoms with E-state index in [0.717, 1.165) is 0 Å². The number of cyclic esters (lactones) is 1. The van der Waals surface area contributed by atoms with Crippen molar-refractivity contribution in [3.05, 3.63) is 56.1 Å². The summed E-state index contributed by atoms with van der Waals surface area (Å²) in [7, 11) is 0. The molecule has 1 aromatic carbocycles. The highest BCUT2D eigenvalue weighted by molar-refractivity contribution is 7.07. The van der Waals surface area contributed by atoms with Crippen molar-refractivity contribution in [1.29, 1.82) is 0 Å². The summed E-state index contributed by atoms with van der Waals surface area (Å²) in [6.45, 7) is 0. The quantitative estimate of drug-likeness (QED) is 0.623. The van der Waals surface area contributed by atoms with Crippen LogP contribution in [0.2, 0.25) is 10.0 Å². The van der Waals surface area contributed by atoms with Gasteiger partial charge in [-0.3, -0.25) is 0 Å². The number of aromatic nitrogens is 1. The maximum Gasteiger partial charge on any atom is 0.363 e. The third-order valence-electron chi connectivity index (χ3n) is 2.52. The fourth-order valence-electron chi connectivity index (χ4n) is 1.62. The van der Waals surface area contributed by atoms with E-state index in [9.17, 15) is 4.79 Å². The topological polar surface area (TPSA) is 51.5 Å². The molecule has 20 heavy (non-hydrogen) atoms. The van der Waals surface area contributed by atoms with Gasteiger partial charge in [0.05, 0.1) is 21.8 Å². The summed E-state index contributed by atoms with van der Waals surface area (Å²) in [5, 5.41) is 2.68. The van der Waals surface area contributed by atoms with Crippen LogP contribution in [0.1, 0.15) is 11.3 Å². The standard InChI is InChI=1S/C13H6Cl2N2O2S/c14-7-1-2-9(10(15)3-7)12-17-11(13(18)19-12)4-8-5-20-6-16-8/h1-6H/b11-4-. The van der Waals surface area contributed by atoms with Crippen molar-refractivity contribution in [1.82, 2.24) is 4.98 Å². The fourth-order valence-corrected chi connectivity index (χ4v) is 2.62. The van der Waals surface area contributed by atoms with Crippen LogP contribution in [-0.4, -0.2) is 16.9 Å². The van der Waals surface area contributed by atoms with Crippen LogP contribution in [0, 0.1) is 0 Å². The summed E-state index contributed by atoms with van der Waals surface area (Å²) in [6, 6.07) is 4.88. The Morgan fingerprint density at radius 3 is 2.85 bits per heavy atom. The van der Waals surface area contributed by atoms with E-state index in [1.54, 1.807) is 29.8 Å². The molecule has 7 heteroatoms. The lowest BCUT2D eigenvalue weighted by Gasteiger charge is -2.02. The molecule has 0 saturated heterocycles. The van der Waals surface area contributed by atoms with Crippen molar-refractivity contribution in [2.24, 2.45) is 4.99 Å². The van der Waals surface area contributed by atoms with Crippen molar-refractivity contribution >= 4 is 52.5 Å². The molecular weight excluding hydrogens is 319 g/mol. The number of esters is 1. The van der Waals surface area contributed by atoms with Gasteiger partial charge in [-0.25, -0.2) is 14.8 Å². The molecule has 0 amide bonds. The number of halogens is 2. The van der Waals surface area contributed by atoms with Crippen molar-refractivity contribution in [3.8, 4) is 0 Å². The van der Waals surface area contributed by atoms with Crippen molar-refractivity contribution in [2.45, 2.75) is 0 Å². The monoisotopic (exact) mass is 324 g/mol. The first-order chi connectivity index (χ1) is 9.63. The first-order valence-electron chi connectivity index (χ1n) is 5.49. The lowest BCUT2D eigenvalue weighted by Crippen LogP contribution is -2.05.